The highest BCUT2D eigenvalue weighted by Crippen LogP contribution is 2.19. The molecule has 0 spiro atoms. The van der Waals surface area contributed by atoms with Gasteiger partial charge in [-0.25, -0.2) is 0 Å². The molecule has 2 aliphatic rings. The van der Waals surface area contributed by atoms with Crippen molar-refractivity contribution in [2.24, 2.45) is 5.73 Å². The molecule has 6 nitrogen and oxygen atoms in total. The van der Waals surface area contributed by atoms with Crippen LogP contribution in [0.5, 0.6) is 0 Å². The highest BCUT2D eigenvalue weighted by molar-refractivity contribution is 5.82. The van der Waals surface area contributed by atoms with Crippen LogP contribution in [0.2, 0.25) is 0 Å². The van der Waals surface area contributed by atoms with E-state index in [2.05, 4.69) is 10.2 Å². The van der Waals surface area contributed by atoms with E-state index < -0.39 is 0 Å². The van der Waals surface area contributed by atoms with Crippen molar-refractivity contribution in [1.29, 1.82) is 0 Å². The van der Waals surface area contributed by atoms with Gasteiger partial charge in [0.2, 0.25) is 11.8 Å². The third-order valence-electron chi connectivity index (χ3n) is 3.72. The first-order valence-corrected chi connectivity index (χ1v) is 6.70. The van der Waals surface area contributed by atoms with Gasteiger partial charge in [-0.1, -0.05) is 0 Å². The molecular weight excluding hydrogens is 232 g/mol. The first kappa shape index (κ1) is 13.3. The maximum Gasteiger partial charge on any atom is 0.240 e. The van der Waals surface area contributed by atoms with Crippen LogP contribution in [0.15, 0.2) is 0 Å². The van der Waals surface area contributed by atoms with Gasteiger partial charge in [0.25, 0.3) is 0 Å². The zero-order valence-corrected chi connectivity index (χ0v) is 10.7. The van der Waals surface area contributed by atoms with Crippen LogP contribution in [0.4, 0.5) is 0 Å². The van der Waals surface area contributed by atoms with Crippen molar-refractivity contribution in [2.75, 3.05) is 39.3 Å². The summed E-state index contributed by atoms with van der Waals surface area (Å²) in [6, 6.07) is -0.0394. The molecule has 2 aliphatic heterocycles. The quantitative estimate of drug-likeness (QED) is 0.657. The Morgan fingerprint density at radius 2 is 1.94 bits per heavy atom. The van der Waals surface area contributed by atoms with Crippen LogP contribution in [0.3, 0.4) is 0 Å². The molecule has 0 aromatic carbocycles. The first-order chi connectivity index (χ1) is 8.68. The molecule has 0 saturated carbocycles. The Balaban J connectivity index is 1.89. The van der Waals surface area contributed by atoms with Crippen LogP contribution in [-0.4, -0.2) is 66.9 Å². The molecule has 0 radical (unpaired) electrons. The van der Waals surface area contributed by atoms with E-state index in [1.54, 1.807) is 0 Å². The van der Waals surface area contributed by atoms with Gasteiger partial charge in [0.1, 0.15) is 0 Å². The average molecular weight is 254 g/mol. The number of hydrogen-bond donors (Lipinski definition) is 2. The van der Waals surface area contributed by atoms with Crippen LogP contribution in [0.1, 0.15) is 19.3 Å². The second kappa shape index (κ2) is 6.15. The van der Waals surface area contributed by atoms with Gasteiger partial charge in [-0.3, -0.25) is 14.5 Å². The summed E-state index contributed by atoms with van der Waals surface area (Å²) in [4.78, 5) is 27.3. The Hall–Kier alpha value is -1.14. The van der Waals surface area contributed by atoms with Gasteiger partial charge in [0, 0.05) is 39.1 Å². The number of nitrogens with one attached hydrogen (secondary N) is 1. The summed E-state index contributed by atoms with van der Waals surface area (Å²) >= 11 is 0. The number of hydrogen-bond acceptors (Lipinski definition) is 4. The summed E-state index contributed by atoms with van der Waals surface area (Å²) in [5.74, 6) is -0.0752. The Bertz CT molecular complexity index is 315. The molecule has 1 unspecified atom stereocenters. The summed E-state index contributed by atoms with van der Waals surface area (Å²) in [5, 5.41) is 3.24. The van der Waals surface area contributed by atoms with E-state index in [-0.39, 0.29) is 17.9 Å². The largest absolute Gasteiger partial charge is 0.370 e. The van der Waals surface area contributed by atoms with Crippen LogP contribution < -0.4 is 11.1 Å². The molecule has 2 amide bonds. The van der Waals surface area contributed by atoms with Crippen LogP contribution in [0.25, 0.3) is 0 Å². The predicted octanol–water partition coefficient (Wildman–Crippen LogP) is -1.24. The molecule has 18 heavy (non-hydrogen) atoms. The van der Waals surface area contributed by atoms with Gasteiger partial charge in [0.05, 0.1) is 6.04 Å². The zero-order valence-electron chi connectivity index (χ0n) is 10.7. The van der Waals surface area contributed by atoms with E-state index in [0.717, 1.165) is 45.6 Å². The molecule has 102 valence electrons. The molecule has 6 heteroatoms. The number of amides is 2. The van der Waals surface area contributed by atoms with E-state index >= 15 is 0 Å². The third-order valence-corrected chi connectivity index (χ3v) is 3.72. The maximum atomic E-state index is 12.4. The van der Waals surface area contributed by atoms with Gasteiger partial charge in [-0.05, 0) is 19.4 Å². The lowest BCUT2D eigenvalue weighted by molar-refractivity contribution is -0.137. The summed E-state index contributed by atoms with van der Waals surface area (Å²) in [6.45, 7) is 4.84. The van der Waals surface area contributed by atoms with Crippen molar-refractivity contribution in [3.05, 3.63) is 0 Å². The molecule has 2 saturated heterocycles. The standard InChI is InChI=1S/C12H22N4O2/c13-11(17)3-7-15-6-1-2-10(15)12(18)16-8-4-14-5-9-16/h10,14H,1-9H2,(H2,13,17). The molecule has 2 fully saturated rings. The van der Waals surface area contributed by atoms with Crippen LogP contribution in [0, 0.1) is 0 Å². The molecule has 3 N–H and O–H groups in total. The number of carbonyl (C=O) groups excluding carboxylic acids is 2. The lowest BCUT2D eigenvalue weighted by atomic mass is 10.1. The fourth-order valence-electron chi connectivity index (χ4n) is 2.72. The summed E-state index contributed by atoms with van der Waals surface area (Å²) in [5.41, 5.74) is 5.17. The number of nitrogens with zero attached hydrogens (tertiary/aromatic N) is 2. The molecule has 0 aromatic heterocycles. The van der Waals surface area contributed by atoms with E-state index in [0.29, 0.717) is 13.0 Å². The van der Waals surface area contributed by atoms with Crippen molar-refractivity contribution in [3.8, 4) is 0 Å². The second-order valence-corrected chi connectivity index (χ2v) is 4.99. The van der Waals surface area contributed by atoms with Crippen molar-refractivity contribution in [3.63, 3.8) is 0 Å². The summed E-state index contributed by atoms with van der Waals surface area (Å²) < 4.78 is 0. The number of rotatable bonds is 4. The highest BCUT2D eigenvalue weighted by Gasteiger charge is 2.33. The second-order valence-electron chi connectivity index (χ2n) is 4.99. The van der Waals surface area contributed by atoms with Crippen molar-refractivity contribution >= 4 is 11.8 Å². The molecule has 0 aromatic rings. The molecule has 0 bridgehead atoms. The molecule has 2 heterocycles. The Morgan fingerprint density at radius 1 is 1.22 bits per heavy atom. The van der Waals surface area contributed by atoms with Gasteiger partial charge < -0.3 is 16.0 Å². The van der Waals surface area contributed by atoms with Gasteiger partial charge in [-0.2, -0.15) is 0 Å². The van der Waals surface area contributed by atoms with Crippen LogP contribution in [-0.2, 0) is 9.59 Å². The number of piperazine rings is 1. The number of carbonyl (C=O) groups is 2. The molecule has 2 rings (SSSR count). The van der Waals surface area contributed by atoms with Crippen molar-refractivity contribution in [2.45, 2.75) is 25.3 Å². The summed E-state index contributed by atoms with van der Waals surface area (Å²) in [7, 11) is 0. The van der Waals surface area contributed by atoms with Crippen molar-refractivity contribution in [1.82, 2.24) is 15.1 Å². The van der Waals surface area contributed by atoms with E-state index in [4.69, 9.17) is 5.73 Å². The minimum Gasteiger partial charge on any atom is -0.370 e. The minimum atomic E-state index is -0.296. The number of nitrogens with two attached hydrogens (primary N) is 1. The Morgan fingerprint density at radius 3 is 2.61 bits per heavy atom. The average Bonchev–Trinajstić information content (AvgIpc) is 2.85. The maximum absolute atomic E-state index is 12.4. The molecular formula is C12H22N4O2. The third kappa shape index (κ3) is 3.20. The Kier molecular flexibility index (Phi) is 4.54. The van der Waals surface area contributed by atoms with E-state index in [1.165, 1.54) is 0 Å². The molecule has 0 aliphatic carbocycles. The monoisotopic (exact) mass is 254 g/mol. The highest BCUT2D eigenvalue weighted by atomic mass is 16.2. The summed E-state index contributed by atoms with van der Waals surface area (Å²) in [6.07, 6.45) is 2.27. The smallest absolute Gasteiger partial charge is 0.240 e. The zero-order chi connectivity index (χ0) is 13.0. The predicted molar refractivity (Wildman–Crippen MR) is 67.9 cm³/mol. The SMILES string of the molecule is NC(=O)CCN1CCCC1C(=O)N1CCNCC1. The van der Waals surface area contributed by atoms with Crippen LogP contribution >= 0.6 is 0 Å². The van der Waals surface area contributed by atoms with E-state index in [9.17, 15) is 9.59 Å². The topological polar surface area (TPSA) is 78.7 Å². The lowest BCUT2D eigenvalue weighted by Gasteiger charge is -2.32. The van der Waals surface area contributed by atoms with Gasteiger partial charge in [0.15, 0.2) is 0 Å². The number of primary amides is 1. The lowest BCUT2D eigenvalue weighted by Crippen LogP contribution is -2.52. The van der Waals surface area contributed by atoms with Gasteiger partial charge in [-0.15, -0.1) is 0 Å². The fraction of sp³-hybridized carbons (Fsp3) is 0.833. The fourth-order valence-corrected chi connectivity index (χ4v) is 2.72. The van der Waals surface area contributed by atoms with E-state index in [1.807, 2.05) is 4.90 Å². The van der Waals surface area contributed by atoms with Gasteiger partial charge >= 0.3 is 0 Å². The Labute approximate surface area is 107 Å². The minimum absolute atomic E-state index is 0.0394. The normalized spacial score (nSPS) is 25.3. The van der Waals surface area contributed by atoms with Crippen molar-refractivity contribution < 1.29 is 9.59 Å². The number of likely N-dealkylation sites (tertiary alicyclic amines) is 1. The first-order valence-electron chi connectivity index (χ1n) is 6.70. The molecule has 1 atom stereocenters.